The topological polar surface area (TPSA) is 74.8 Å². The van der Waals surface area contributed by atoms with Crippen molar-refractivity contribution in [3.63, 3.8) is 0 Å². The highest BCUT2D eigenvalue weighted by molar-refractivity contribution is 14.0. The lowest BCUT2D eigenvalue weighted by molar-refractivity contribution is 0.0527. The molecule has 1 fully saturated rings. The molecule has 6 nitrogen and oxygen atoms in total. The molecule has 0 aromatic carbocycles. The van der Waals surface area contributed by atoms with Gasteiger partial charge in [-0.15, -0.1) is 24.0 Å². The monoisotopic (exact) mass is 472 g/mol. The van der Waals surface area contributed by atoms with Gasteiger partial charge < -0.3 is 20.7 Å². The summed E-state index contributed by atoms with van der Waals surface area (Å²) in [5, 5.41) is 9.41. The molecule has 1 aliphatic rings. The zero-order valence-corrected chi connectivity index (χ0v) is 18.7. The minimum Gasteiger partial charge on any atom is -0.444 e. The Kier molecular flexibility index (Phi) is 11.1. The van der Waals surface area contributed by atoms with Crippen molar-refractivity contribution < 1.29 is 9.53 Å². The average molecular weight is 472 g/mol. The number of ether oxygens (including phenoxy) is 1. The van der Waals surface area contributed by atoms with E-state index in [9.17, 15) is 4.79 Å². The van der Waals surface area contributed by atoms with E-state index in [4.69, 9.17) is 4.74 Å². The SMILES string of the molecule is CN=C(NCCCNC(=O)OC(C)(C)C)NCC1(C)CCCS1.I. The molecule has 0 saturated carbocycles. The van der Waals surface area contributed by atoms with Crippen molar-refractivity contribution >= 4 is 47.8 Å². The standard InChI is InChI=1S/C16H32N4O2S.HI/c1-15(2,3)22-14(21)19-10-7-9-18-13(17-5)20-12-16(4)8-6-11-23-16;/h6-12H2,1-5H3,(H,19,21)(H2,17,18,20);1H. The third-order valence-corrected chi connectivity index (χ3v) is 5.01. The van der Waals surface area contributed by atoms with E-state index in [-0.39, 0.29) is 30.1 Å². The second-order valence-electron chi connectivity index (χ2n) is 7.04. The van der Waals surface area contributed by atoms with Crippen LogP contribution in [0.4, 0.5) is 4.79 Å². The summed E-state index contributed by atoms with van der Waals surface area (Å²) in [6.45, 7) is 10.1. The molecule has 3 N–H and O–H groups in total. The Balaban J connectivity index is 0.00000529. The first-order valence-electron chi connectivity index (χ1n) is 8.29. The summed E-state index contributed by atoms with van der Waals surface area (Å²) in [4.78, 5) is 15.7. The van der Waals surface area contributed by atoms with E-state index < -0.39 is 5.60 Å². The van der Waals surface area contributed by atoms with Gasteiger partial charge in [0.2, 0.25) is 0 Å². The number of guanidine groups is 1. The molecule has 0 aliphatic carbocycles. The van der Waals surface area contributed by atoms with Crippen LogP contribution < -0.4 is 16.0 Å². The molecule has 0 radical (unpaired) electrons. The molecular formula is C16H33IN4O2S. The van der Waals surface area contributed by atoms with Crippen molar-refractivity contribution in [1.82, 2.24) is 16.0 Å². The Bertz CT molecular complexity index is 407. The summed E-state index contributed by atoms with van der Waals surface area (Å²) in [6, 6.07) is 0. The highest BCUT2D eigenvalue weighted by Crippen LogP contribution is 2.36. The Morgan fingerprint density at radius 2 is 1.92 bits per heavy atom. The number of halogens is 1. The van der Waals surface area contributed by atoms with Crippen molar-refractivity contribution in [3.8, 4) is 0 Å². The van der Waals surface area contributed by atoms with Crippen molar-refractivity contribution in [2.45, 2.75) is 57.3 Å². The molecule has 8 heteroatoms. The fourth-order valence-corrected chi connectivity index (χ4v) is 3.51. The molecule has 1 aliphatic heterocycles. The first-order chi connectivity index (χ1) is 10.7. The van der Waals surface area contributed by atoms with Crippen LogP contribution in [0.15, 0.2) is 4.99 Å². The minimum atomic E-state index is -0.456. The summed E-state index contributed by atoms with van der Waals surface area (Å²) in [5.74, 6) is 2.07. The number of alkyl carbamates (subject to hydrolysis) is 1. The molecule has 24 heavy (non-hydrogen) atoms. The number of nitrogens with one attached hydrogen (secondary N) is 3. The summed E-state index contributed by atoms with van der Waals surface area (Å²) >= 11 is 2.03. The maximum absolute atomic E-state index is 11.5. The number of thioether (sulfide) groups is 1. The van der Waals surface area contributed by atoms with Gasteiger partial charge in [-0.25, -0.2) is 4.79 Å². The number of aliphatic imine (C=N–C) groups is 1. The van der Waals surface area contributed by atoms with E-state index in [1.54, 1.807) is 7.05 Å². The highest BCUT2D eigenvalue weighted by atomic mass is 127. The molecule has 1 saturated heterocycles. The van der Waals surface area contributed by atoms with Gasteiger partial charge in [0.15, 0.2) is 5.96 Å². The molecule has 1 heterocycles. The normalized spacial score (nSPS) is 21.0. The number of carbonyl (C=O) groups excluding carboxylic acids is 1. The van der Waals surface area contributed by atoms with Gasteiger partial charge in [-0.3, -0.25) is 4.99 Å². The van der Waals surface area contributed by atoms with Gasteiger partial charge in [-0.05, 0) is 52.7 Å². The second kappa shape index (κ2) is 11.3. The van der Waals surface area contributed by atoms with E-state index in [0.717, 1.165) is 25.5 Å². The molecule has 0 aromatic heterocycles. The van der Waals surface area contributed by atoms with Crippen molar-refractivity contribution in [3.05, 3.63) is 0 Å². The predicted molar refractivity (Wildman–Crippen MR) is 114 cm³/mol. The van der Waals surface area contributed by atoms with Crippen LogP contribution in [0.1, 0.15) is 47.0 Å². The lowest BCUT2D eigenvalue weighted by atomic mass is 10.1. The van der Waals surface area contributed by atoms with Gasteiger partial charge in [0, 0.05) is 31.4 Å². The number of rotatable bonds is 6. The van der Waals surface area contributed by atoms with Gasteiger partial charge in [0.05, 0.1) is 0 Å². The molecule has 0 aromatic rings. The zero-order valence-electron chi connectivity index (χ0n) is 15.5. The number of hydrogen-bond donors (Lipinski definition) is 3. The quantitative estimate of drug-likeness (QED) is 0.240. The van der Waals surface area contributed by atoms with E-state index in [0.29, 0.717) is 11.3 Å². The van der Waals surface area contributed by atoms with Crippen LogP contribution >= 0.6 is 35.7 Å². The van der Waals surface area contributed by atoms with Crippen molar-refractivity contribution in [1.29, 1.82) is 0 Å². The van der Waals surface area contributed by atoms with Gasteiger partial charge in [0.25, 0.3) is 0 Å². The lowest BCUT2D eigenvalue weighted by Crippen LogP contribution is -2.44. The number of carbonyl (C=O) groups is 1. The molecular weight excluding hydrogens is 439 g/mol. The smallest absolute Gasteiger partial charge is 0.407 e. The molecule has 1 atom stereocenters. The Morgan fingerprint density at radius 3 is 2.46 bits per heavy atom. The molecule has 142 valence electrons. The summed E-state index contributed by atoms with van der Waals surface area (Å²) < 4.78 is 5.50. The Morgan fingerprint density at radius 1 is 1.25 bits per heavy atom. The molecule has 1 rings (SSSR count). The number of nitrogens with zero attached hydrogens (tertiary/aromatic N) is 1. The van der Waals surface area contributed by atoms with E-state index in [1.807, 2.05) is 32.5 Å². The van der Waals surface area contributed by atoms with Gasteiger partial charge >= 0.3 is 6.09 Å². The highest BCUT2D eigenvalue weighted by Gasteiger charge is 2.29. The van der Waals surface area contributed by atoms with Crippen LogP contribution in [0.25, 0.3) is 0 Å². The third kappa shape index (κ3) is 10.5. The van der Waals surface area contributed by atoms with Crippen LogP contribution in [0.2, 0.25) is 0 Å². The summed E-state index contributed by atoms with van der Waals surface area (Å²) in [7, 11) is 1.78. The molecule has 1 amide bonds. The van der Waals surface area contributed by atoms with Crippen molar-refractivity contribution in [2.24, 2.45) is 4.99 Å². The maximum atomic E-state index is 11.5. The second-order valence-corrected chi connectivity index (χ2v) is 8.72. The van der Waals surface area contributed by atoms with Gasteiger partial charge in [-0.1, -0.05) is 0 Å². The zero-order chi connectivity index (χ0) is 17.3. The van der Waals surface area contributed by atoms with E-state index in [2.05, 4.69) is 27.9 Å². The Hall–Kier alpha value is -0.380. The lowest BCUT2D eigenvalue weighted by Gasteiger charge is -2.24. The average Bonchev–Trinajstić information content (AvgIpc) is 2.87. The summed E-state index contributed by atoms with van der Waals surface area (Å²) in [6.07, 6.45) is 2.99. The van der Waals surface area contributed by atoms with Crippen molar-refractivity contribution in [2.75, 3.05) is 32.4 Å². The van der Waals surface area contributed by atoms with E-state index in [1.165, 1.54) is 18.6 Å². The van der Waals surface area contributed by atoms with E-state index >= 15 is 0 Å². The first kappa shape index (κ1) is 23.6. The molecule has 0 spiro atoms. The number of amides is 1. The largest absolute Gasteiger partial charge is 0.444 e. The minimum absolute atomic E-state index is 0. The third-order valence-electron chi connectivity index (χ3n) is 3.47. The van der Waals surface area contributed by atoms with Crippen LogP contribution in [0, 0.1) is 0 Å². The van der Waals surface area contributed by atoms with Gasteiger partial charge in [-0.2, -0.15) is 11.8 Å². The van der Waals surface area contributed by atoms with Gasteiger partial charge in [0.1, 0.15) is 5.60 Å². The predicted octanol–water partition coefficient (Wildman–Crippen LogP) is 2.97. The van der Waals surface area contributed by atoms with Crippen LogP contribution in [-0.2, 0) is 4.74 Å². The molecule has 0 bridgehead atoms. The number of hydrogen-bond acceptors (Lipinski definition) is 4. The fraction of sp³-hybridized carbons (Fsp3) is 0.875. The van der Waals surface area contributed by atoms with Crippen LogP contribution in [0.3, 0.4) is 0 Å². The maximum Gasteiger partial charge on any atom is 0.407 e. The first-order valence-corrected chi connectivity index (χ1v) is 9.28. The fourth-order valence-electron chi connectivity index (χ4n) is 2.27. The Labute approximate surface area is 167 Å². The summed E-state index contributed by atoms with van der Waals surface area (Å²) in [5.41, 5.74) is -0.456. The van der Waals surface area contributed by atoms with Crippen LogP contribution in [-0.4, -0.2) is 54.8 Å². The molecule has 1 unspecified atom stereocenters. The van der Waals surface area contributed by atoms with Crippen LogP contribution in [0.5, 0.6) is 0 Å².